The molecule has 2 fully saturated rings. The van der Waals surface area contributed by atoms with Crippen LogP contribution >= 0.6 is 0 Å². The number of likely N-dealkylation sites (tertiary alicyclic amines) is 1. The van der Waals surface area contributed by atoms with Crippen LogP contribution in [-0.2, 0) is 11.3 Å². The standard InChI is InChI=1S/C32H33N5O3/c1-19(21-6-10-27(39-3)11-7-21)36-17-25(13-30(36)38)20(2)40-32-31-29(34-18-37(31)26-8-9-26)14-28(35-32)22-4-5-23-15-33-16-24(23)12-22/h4-7,10-12,14,16,18-20,25-26H,8-9,13,15,17H2,1-3H3/t19-,20-,25-/m1/s1. The monoisotopic (exact) mass is 535 g/mol. The van der Waals surface area contributed by atoms with Crippen LogP contribution in [-0.4, -0.2) is 51.3 Å². The maximum Gasteiger partial charge on any atom is 0.241 e. The fourth-order valence-electron chi connectivity index (χ4n) is 5.93. The van der Waals surface area contributed by atoms with Crippen LogP contribution in [0, 0.1) is 5.92 Å². The number of hydrogen-bond donors (Lipinski definition) is 0. The van der Waals surface area contributed by atoms with E-state index in [1.165, 1.54) is 5.56 Å². The minimum atomic E-state index is -0.197. The van der Waals surface area contributed by atoms with Crippen molar-refractivity contribution in [3.05, 3.63) is 71.5 Å². The maximum absolute atomic E-state index is 13.1. The Kier molecular flexibility index (Phi) is 6.06. The molecular weight excluding hydrogens is 502 g/mol. The van der Waals surface area contributed by atoms with E-state index in [1.54, 1.807) is 7.11 Å². The molecule has 0 unspecified atom stereocenters. The Morgan fingerprint density at radius 3 is 2.65 bits per heavy atom. The normalized spacial score (nSPS) is 19.7. The highest BCUT2D eigenvalue weighted by Crippen LogP contribution is 2.41. The molecule has 2 aromatic heterocycles. The number of aromatic nitrogens is 3. The molecule has 1 saturated carbocycles. The van der Waals surface area contributed by atoms with Crippen molar-refractivity contribution in [3.63, 3.8) is 0 Å². The van der Waals surface area contributed by atoms with Crippen LogP contribution in [0.1, 0.15) is 61.9 Å². The summed E-state index contributed by atoms with van der Waals surface area (Å²) in [7, 11) is 1.66. The van der Waals surface area contributed by atoms with E-state index in [9.17, 15) is 4.79 Å². The number of ether oxygens (including phenoxy) is 2. The van der Waals surface area contributed by atoms with E-state index in [0.717, 1.165) is 58.6 Å². The number of fused-ring (bicyclic) bond motifs is 2. The number of pyridine rings is 1. The second kappa shape index (κ2) is 9.77. The zero-order chi connectivity index (χ0) is 27.4. The molecule has 1 saturated heterocycles. The fraction of sp³-hybridized carbons (Fsp3) is 0.375. The average molecular weight is 536 g/mol. The lowest BCUT2D eigenvalue weighted by Crippen LogP contribution is -2.31. The van der Waals surface area contributed by atoms with Crippen molar-refractivity contribution in [1.29, 1.82) is 0 Å². The van der Waals surface area contributed by atoms with Gasteiger partial charge in [0.1, 0.15) is 17.4 Å². The van der Waals surface area contributed by atoms with E-state index in [1.807, 2.05) is 41.7 Å². The van der Waals surface area contributed by atoms with E-state index in [-0.39, 0.29) is 24.0 Å². The number of carbonyl (C=O) groups excluding carboxylic acids is 1. The van der Waals surface area contributed by atoms with E-state index < -0.39 is 0 Å². The lowest BCUT2D eigenvalue weighted by molar-refractivity contribution is -0.129. The van der Waals surface area contributed by atoms with Crippen LogP contribution in [0.4, 0.5) is 0 Å². The summed E-state index contributed by atoms with van der Waals surface area (Å²) in [6, 6.07) is 16.8. The van der Waals surface area contributed by atoms with Crippen LogP contribution in [0.25, 0.3) is 22.3 Å². The molecule has 0 bridgehead atoms. The Balaban J connectivity index is 1.16. The zero-order valence-corrected chi connectivity index (χ0v) is 23.1. The van der Waals surface area contributed by atoms with Gasteiger partial charge in [-0.1, -0.05) is 24.3 Å². The van der Waals surface area contributed by atoms with Crippen LogP contribution in [0.2, 0.25) is 0 Å². The first kappa shape index (κ1) is 24.8. The fourth-order valence-corrected chi connectivity index (χ4v) is 5.93. The van der Waals surface area contributed by atoms with Gasteiger partial charge in [-0.25, -0.2) is 9.97 Å². The van der Waals surface area contributed by atoms with E-state index in [4.69, 9.17) is 19.4 Å². The third-order valence-electron chi connectivity index (χ3n) is 8.61. The molecule has 0 radical (unpaired) electrons. The SMILES string of the molecule is COc1ccc([C@@H](C)N2C[C@H]([C@@H](C)Oc3nc(-c4ccc5c(c4)C=NC5)cc4ncn(C5CC5)c34)CC2=O)cc1. The van der Waals surface area contributed by atoms with E-state index >= 15 is 0 Å². The number of benzene rings is 2. The molecule has 4 aromatic rings. The highest BCUT2D eigenvalue weighted by atomic mass is 16.5. The molecule has 1 amide bonds. The molecule has 4 heterocycles. The van der Waals surface area contributed by atoms with E-state index in [2.05, 4.69) is 47.7 Å². The number of nitrogens with zero attached hydrogens (tertiary/aromatic N) is 5. The highest BCUT2D eigenvalue weighted by Gasteiger charge is 2.37. The summed E-state index contributed by atoms with van der Waals surface area (Å²) in [5.74, 6) is 1.61. The van der Waals surface area contributed by atoms with Gasteiger partial charge in [-0.05, 0) is 67.6 Å². The van der Waals surface area contributed by atoms with Gasteiger partial charge in [-0.2, -0.15) is 0 Å². The first-order valence-electron chi connectivity index (χ1n) is 14.1. The van der Waals surface area contributed by atoms with Gasteiger partial charge in [0.25, 0.3) is 0 Å². The number of hydrogen-bond acceptors (Lipinski definition) is 6. The smallest absolute Gasteiger partial charge is 0.241 e. The quantitative estimate of drug-likeness (QED) is 0.287. The summed E-state index contributed by atoms with van der Waals surface area (Å²) in [6.45, 7) is 5.51. The van der Waals surface area contributed by atoms with Crippen LogP contribution in [0.5, 0.6) is 11.6 Å². The van der Waals surface area contributed by atoms with E-state index in [0.29, 0.717) is 24.9 Å². The molecule has 1 aliphatic carbocycles. The lowest BCUT2D eigenvalue weighted by Gasteiger charge is -2.27. The van der Waals surface area contributed by atoms with Crippen molar-refractivity contribution in [3.8, 4) is 22.9 Å². The second-order valence-electron chi connectivity index (χ2n) is 11.2. The first-order valence-corrected chi connectivity index (χ1v) is 14.1. The van der Waals surface area contributed by atoms with Crippen LogP contribution in [0.3, 0.4) is 0 Å². The predicted molar refractivity (Wildman–Crippen MR) is 154 cm³/mol. The predicted octanol–water partition coefficient (Wildman–Crippen LogP) is 5.75. The third kappa shape index (κ3) is 4.41. The van der Waals surface area contributed by atoms with Gasteiger partial charge in [0.2, 0.25) is 11.8 Å². The molecular formula is C32H33N5O3. The van der Waals surface area contributed by atoms with Gasteiger partial charge < -0.3 is 18.9 Å². The minimum Gasteiger partial charge on any atom is -0.497 e. The second-order valence-corrected chi connectivity index (χ2v) is 11.2. The summed E-state index contributed by atoms with van der Waals surface area (Å²) in [5, 5.41) is 0. The molecule has 8 heteroatoms. The topological polar surface area (TPSA) is 81.8 Å². The maximum atomic E-state index is 13.1. The molecule has 2 aromatic carbocycles. The Hall–Kier alpha value is -4.20. The molecule has 2 aliphatic heterocycles. The molecule has 40 heavy (non-hydrogen) atoms. The van der Waals surface area contributed by atoms with Gasteiger partial charge in [0.15, 0.2) is 0 Å². The molecule has 0 N–H and O–H groups in total. The highest BCUT2D eigenvalue weighted by molar-refractivity contribution is 5.89. The molecule has 0 spiro atoms. The molecule has 3 atom stereocenters. The number of carbonyl (C=O) groups is 1. The Morgan fingerprint density at radius 1 is 1.05 bits per heavy atom. The van der Waals surface area contributed by atoms with Gasteiger partial charge in [-0.3, -0.25) is 9.79 Å². The third-order valence-corrected chi connectivity index (χ3v) is 8.61. The van der Waals surface area contributed by atoms with Crippen LogP contribution in [0.15, 0.2) is 59.9 Å². The van der Waals surface area contributed by atoms with Crippen molar-refractivity contribution < 1.29 is 14.3 Å². The Labute approximate surface area is 233 Å². The lowest BCUT2D eigenvalue weighted by atomic mass is 10.0. The summed E-state index contributed by atoms with van der Waals surface area (Å²) in [5.41, 5.74) is 7.12. The van der Waals surface area contributed by atoms with Gasteiger partial charge in [-0.15, -0.1) is 0 Å². The Morgan fingerprint density at radius 2 is 1.88 bits per heavy atom. The number of methoxy groups -OCH3 is 1. The molecule has 204 valence electrons. The average Bonchev–Trinajstić information content (AvgIpc) is 3.36. The minimum absolute atomic E-state index is 0.0246. The van der Waals surface area contributed by atoms with Crippen molar-refractivity contribution in [2.24, 2.45) is 10.9 Å². The number of aliphatic imine (C=N–C) groups is 1. The molecule has 8 nitrogen and oxygen atoms in total. The Bertz CT molecular complexity index is 1620. The summed E-state index contributed by atoms with van der Waals surface area (Å²) in [6.07, 6.45) is 6.38. The zero-order valence-electron chi connectivity index (χ0n) is 23.1. The largest absolute Gasteiger partial charge is 0.497 e. The summed E-state index contributed by atoms with van der Waals surface area (Å²) >= 11 is 0. The van der Waals surface area contributed by atoms with Gasteiger partial charge in [0.05, 0.1) is 37.2 Å². The number of rotatable bonds is 8. The van der Waals surface area contributed by atoms with Crippen LogP contribution < -0.4 is 9.47 Å². The molecule has 3 aliphatic rings. The van der Waals surface area contributed by atoms with Crippen molar-refractivity contribution in [1.82, 2.24) is 19.4 Å². The number of imidazole rings is 1. The first-order chi connectivity index (χ1) is 19.5. The summed E-state index contributed by atoms with van der Waals surface area (Å²) < 4.78 is 14.2. The van der Waals surface area contributed by atoms with Crippen molar-refractivity contribution >= 4 is 23.2 Å². The van der Waals surface area contributed by atoms with Crippen molar-refractivity contribution in [2.75, 3.05) is 13.7 Å². The molecule has 7 rings (SSSR count). The number of amides is 1. The van der Waals surface area contributed by atoms with Gasteiger partial charge in [0, 0.05) is 36.7 Å². The van der Waals surface area contributed by atoms with Gasteiger partial charge >= 0.3 is 0 Å². The summed E-state index contributed by atoms with van der Waals surface area (Å²) in [4.78, 5) is 29.3. The van der Waals surface area contributed by atoms with Crippen molar-refractivity contribution in [2.45, 2.75) is 57.8 Å².